The van der Waals surface area contributed by atoms with Crippen molar-refractivity contribution < 1.29 is 14.0 Å². The molecule has 2 fully saturated rings. The number of nitrogens with one attached hydrogen (secondary N) is 1. The zero-order chi connectivity index (χ0) is 23.5. The number of piperazine rings is 1. The fourth-order valence-electron chi connectivity index (χ4n) is 4.64. The normalized spacial score (nSPS) is 21.6. The fourth-order valence-corrected chi connectivity index (χ4v) is 5.07. The first-order chi connectivity index (χ1) is 14.8. The van der Waals surface area contributed by atoms with Crippen LogP contribution in [0.15, 0.2) is 16.5 Å². The SMILES string of the molecule is CC(C)(C)c1cc(C2CCC(Cl)(Cl)CC2)nc2cc(C(=O)N3CCNC(=O)C3(C)C)oc12. The Morgan fingerprint density at radius 1 is 1.22 bits per heavy atom. The molecule has 4 rings (SSSR count). The highest BCUT2D eigenvalue weighted by Gasteiger charge is 2.42. The minimum Gasteiger partial charge on any atom is -0.449 e. The maximum Gasteiger partial charge on any atom is 0.290 e. The van der Waals surface area contributed by atoms with Gasteiger partial charge >= 0.3 is 0 Å². The van der Waals surface area contributed by atoms with E-state index in [1.54, 1.807) is 24.8 Å². The molecule has 2 aromatic rings. The van der Waals surface area contributed by atoms with E-state index < -0.39 is 9.87 Å². The average Bonchev–Trinajstić information content (AvgIpc) is 3.12. The van der Waals surface area contributed by atoms with Gasteiger partial charge in [0.25, 0.3) is 5.91 Å². The highest BCUT2D eigenvalue weighted by Crippen LogP contribution is 2.44. The lowest BCUT2D eigenvalue weighted by molar-refractivity contribution is -0.133. The number of hydrogen-bond donors (Lipinski definition) is 1. The van der Waals surface area contributed by atoms with Gasteiger partial charge in [0.05, 0.1) is 0 Å². The van der Waals surface area contributed by atoms with Crippen LogP contribution >= 0.6 is 23.2 Å². The van der Waals surface area contributed by atoms with Gasteiger partial charge in [0.1, 0.15) is 15.4 Å². The Morgan fingerprint density at radius 2 is 1.88 bits per heavy atom. The molecule has 2 amide bonds. The van der Waals surface area contributed by atoms with Gasteiger partial charge < -0.3 is 14.6 Å². The van der Waals surface area contributed by atoms with Crippen LogP contribution in [0.1, 0.15) is 88.0 Å². The van der Waals surface area contributed by atoms with E-state index in [9.17, 15) is 9.59 Å². The third-order valence-corrected chi connectivity index (χ3v) is 7.51. The molecule has 1 aliphatic carbocycles. The zero-order valence-electron chi connectivity index (χ0n) is 19.3. The minimum atomic E-state index is -0.947. The predicted octanol–water partition coefficient (Wildman–Crippen LogP) is 5.31. The van der Waals surface area contributed by atoms with Gasteiger partial charge in [-0.2, -0.15) is 0 Å². The first kappa shape index (κ1) is 23.4. The summed E-state index contributed by atoms with van der Waals surface area (Å²) in [4.78, 5) is 32.1. The highest BCUT2D eigenvalue weighted by atomic mass is 35.5. The molecule has 174 valence electrons. The van der Waals surface area contributed by atoms with E-state index in [1.807, 2.05) is 0 Å². The van der Waals surface area contributed by atoms with Crippen molar-refractivity contribution >= 4 is 46.1 Å². The van der Waals surface area contributed by atoms with Gasteiger partial charge in [0, 0.05) is 36.3 Å². The number of amides is 2. The summed E-state index contributed by atoms with van der Waals surface area (Å²) in [7, 11) is 0. The van der Waals surface area contributed by atoms with Gasteiger partial charge in [-0.1, -0.05) is 20.8 Å². The average molecular weight is 480 g/mol. The summed E-state index contributed by atoms with van der Waals surface area (Å²) in [5.74, 6) is 0.0129. The van der Waals surface area contributed by atoms with E-state index >= 15 is 0 Å². The van der Waals surface area contributed by atoms with Gasteiger partial charge in [0.2, 0.25) is 5.91 Å². The van der Waals surface area contributed by atoms with Crippen LogP contribution in [-0.4, -0.2) is 44.7 Å². The van der Waals surface area contributed by atoms with Crippen LogP contribution in [0.3, 0.4) is 0 Å². The second-order valence-electron chi connectivity index (χ2n) is 10.6. The minimum absolute atomic E-state index is 0.170. The Balaban J connectivity index is 1.74. The highest BCUT2D eigenvalue weighted by molar-refractivity contribution is 6.48. The van der Waals surface area contributed by atoms with Crippen LogP contribution < -0.4 is 5.32 Å². The van der Waals surface area contributed by atoms with Crippen LogP contribution in [0.5, 0.6) is 0 Å². The number of rotatable bonds is 2. The number of carbonyl (C=O) groups excluding carboxylic acids is 2. The number of carbonyl (C=O) groups is 2. The molecular formula is C24H31Cl2N3O3. The zero-order valence-corrected chi connectivity index (χ0v) is 20.9. The van der Waals surface area contributed by atoms with E-state index in [0.29, 0.717) is 24.2 Å². The molecule has 1 aliphatic heterocycles. The number of halogens is 2. The number of aromatic nitrogens is 1. The van der Waals surface area contributed by atoms with Gasteiger partial charge in [-0.05, 0) is 51.0 Å². The summed E-state index contributed by atoms with van der Waals surface area (Å²) in [6.45, 7) is 10.7. The second kappa shape index (κ2) is 7.91. The molecule has 3 heterocycles. The van der Waals surface area contributed by atoms with Crippen LogP contribution in [-0.2, 0) is 10.2 Å². The Morgan fingerprint density at radius 3 is 2.50 bits per heavy atom. The van der Waals surface area contributed by atoms with Crippen molar-refractivity contribution in [1.29, 1.82) is 0 Å². The second-order valence-corrected chi connectivity index (χ2v) is 12.2. The summed E-state index contributed by atoms with van der Waals surface area (Å²) in [6, 6.07) is 3.83. The van der Waals surface area contributed by atoms with Crippen LogP contribution in [0, 0.1) is 0 Å². The van der Waals surface area contributed by atoms with Gasteiger partial charge in [-0.3, -0.25) is 9.59 Å². The lowest BCUT2D eigenvalue weighted by Gasteiger charge is -2.40. The molecule has 0 spiro atoms. The number of nitrogens with zero attached hydrogens (tertiary/aromatic N) is 2. The standard InChI is InChI=1S/C24H31Cl2N3O3/c1-22(2,3)15-12-16(14-6-8-24(25,26)9-7-14)28-17-13-18(32-19(15)17)20(30)29-11-10-27-21(31)23(29,4)5/h12-14H,6-11H2,1-5H3,(H,27,31). The Labute approximate surface area is 199 Å². The van der Waals surface area contributed by atoms with Crippen molar-refractivity contribution in [2.24, 2.45) is 0 Å². The van der Waals surface area contributed by atoms with Crippen molar-refractivity contribution in [1.82, 2.24) is 15.2 Å². The van der Waals surface area contributed by atoms with Gasteiger partial charge in [0.15, 0.2) is 11.3 Å². The summed E-state index contributed by atoms with van der Waals surface area (Å²) >= 11 is 12.7. The lowest BCUT2D eigenvalue weighted by Crippen LogP contribution is -2.63. The molecule has 8 heteroatoms. The topological polar surface area (TPSA) is 75.4 Å². The van der Waals surface area contributed by atoms with E-state index in [0.717, 1.165) is 36.9 Å². The van der Waals surface area contributed by atoms with Crippen molar-refractivity contribution in [3.63, 3.8) is 0 Å². The third kappa shape index (κ3) is 4.24. The number of pyridine rings is 1. The van der Waals surface area contributed by atoms with E-state index in [1.165, 1.54) is 0 Å². The third-order valence-electron chi connectivity index (χ3n) is 6.75. The van der Waals surface area contributed by atoms with Crippen LogP contribution in [0.2, 0.25) is 0 Å². The van der Waals surface area contributed by atoms with Crippen molar-refractivity contribution in [3.05, 3.63) is 29.2 Å². The maximum absolute atomic E-state index is 13.3. The Kier molecular flexibility index (Phi) is 5.78. The maximum atomic E-state index is 13.3. The first-order valence-electron chi connectivity index (χ1n) is 11.2. The molecule has 0 unspecified atom stereocenters. The predicted molar refractivity (Wildman–Crippen MR) is 126 cm³/mol. The van der Waals surface area contributed by atoms with Gasteiger partial charge in [-0.15, -0.1) is 23.2 Å². The van der Waals surface area contributed by atoms with Crippen molar-refractivity contribution in [2.75, 3.05) is 13.1 Å². The smallest absolute Gasteiger partial charge is 0.290 e. The molecule has 1 N–H and O–H groups in total. The van der Waals surface area contributed by atoms with Crippen molar-refractivity contribution in [3.8, 4) is 0 Å². The van der Waals surface area contributed by atoms with Crippen LogP contribution in [0.25, 0.3) is 11.1 Å². The van der Waals surface area contributed by atoms with Gasteiger partial charge in [-0.25, -0.2) is 4.98 Å². The largest absolute Gasteiger partial charge is 0.449 e. The monoisotopic (exact) mass is 479 g/mol. The number of alkyl halides is 2. The molecule has 0 bridgehead atoms. The quantitative estimate of drug-likeness (QED) is 0.592. The molecule has 0 aromatic carbocycles. The molecule has 1 saturated carbocycles. The van der Waals surface area contributed by atoms with Crippen molar-refractivity contribution in [2.45, 2.75) is 81.5 Å². The van der Waals surface area contributed by atoms with E-state index in [2.05, 4.69) is 32.2 Å². The summed E-state index contributed by atoms with van der Waals surface area (Å²) in [5, 5.41) is 2.82. The fraction of sp³-hybridized carbons (Fsp3) is 0.625. The molecule has 32 heavy (non-hydrogen) atoms. The molecule has 1 saturated heterocycles. The molecule has 2 aliphatic rings. The summed E-state index contributed by atoms with van der Waals surface area (Å²) in [6.07, 6.45) is 3.20. The first-order valence-corrected chi connectivity index (χ1v) is 12.0. The molecular weight excluding hydrogens is 449 g/mol. The van der Waals surface area contributed by atoms with E-state index in [-0.39, 0.29) is 28.9 Å². The Hall–Kier alpha value is -1.79. The molecule has 0 atom stereocenters. The number of hydrogen-bond acceptors (Lipinski definition) is 4. The molecule has 0 radical (unpaired) electrons. The van der Waals surface area contributed by atoms with E-state index in [4.69, 9.17) is 32.6 Å². The molecule has 2 aromatic heterocycles. The number of furan rings is 1. The summed E-state index contributed by atoms with van der Waals surface area (Å²) in [5.41, 5.74) is 2.16. The molecule has 6 nitrogen and oxygen atoms in total. The van der Waals surface area contributed by atoms with Crippen LogP contribution in [0.4, 0.5) is 0 Å². The summed E-state index contributed by atoms with van der Waals surface area (Å²) < 4.78 is 5.46. The lowest BCUT2D eigenvalue weighted by atomic mass is 9.82. The number of fused-ring (bicyclic) bond motifs is 1. The Bertz CT molecular complexity index is 1060.